The summed E-state index contributed by atoms with van der Waals surface area (Å²) < 4.78 is 15.0. The van der Waals surface area contributed by atoms with Gasteiger partial charge in [-0.1, -0.05) is 0 Å². The zero-order valence-electron chi connectivity index (χ0n) is 14.1. The number of nitrogens with zero attached hydrogens (tertiary/aromatic N) is 3. The Morgan fingerprint density at radius 2 is 1.92 bits per heavy atom. The van der Waals surface area contributed by atoms with Crippen LogP contribution in [0.3, 0.4) is 0 Å². The van der Waals surface area contributed by atoms with E-state index in [2.05, 4.69) is 28.1 Å². The van der Waals surface area contributed by atoms with Crippen LogP contribution in [0.25, 0.3) is 0 Å². The van der Waals surface area contributed by atoms with Crippen molar-refractivity contribution in [3.63, 3.8) is 0 Å². The van der Waals surface area contributed by atoms with Gasteiger partial charge in [0.2, 0.25) is 0 Å². The van der Waals surface area contributed by atoms with Gasteiger partial charge in [-0.25, -0.2) is 9.18 Å². The lowest BCUT2D eigenvalue weighted by Crippen LogP contribution is -2.41. The Hall–Kier alpha value is -2.37. The first-order chi connectivity index (χ1) is 11.5. The minimum Gasteiger partial charge on any atom is -0.325 e. The summed E-state index contributed by atoms with van der Waals surface area (Å²) in [6.07, 6.45) is 1.93. The second-order valence-electron chi connectivity index (χ2n) is 6.48. The Kier molecular flexibility index (Phi) is 4.83. The van der Waals surface area contributed by atoms with E-state index in [1.165, 1.54) is 17.8 Å². The summed E-state index contributed by atoms with van der Waals surface area (Å²) in [7, 11) is 0. The van der Waals surface area contributed by atoms with E-state index in [0.29, 0.717) is 11.6 Å². The number of rotatable bonds is 3. The van der Waals surface area contributed by atoms with Crippen LogP contribution >= 0.6 is 0 Å². The minimum atomic E-state index is -0.307. The van der Waals surface area contributed by atoms with Crippen molar-refractivity contribution in [3.05, 3.63) is 47.5 Å². The molecule has 1 aromatic carbocycles. The number of hydrogen-bond acceptors (Lipinski definition) is 2. The zero-order valence-corrected chi connectivity index (χ0v) is 14.1. The van der Waals surface area contributed by atoms with Gasteiger partial charge < -0.3 is 10.2 Å². The molecule has 1 N–H and O–H groups in total. The fourth-order valence-corrected chi connectivity index (χ4v) is 3.16. The number of benzene rings is 1. The molecule has 0 radical (unpaired) electrons. The van der Waals surface area contributed by atoms with Crippen LogP contribution in [0.4, 0.5) is 14.9 Å². The highest BCUT2D eigenvalue weighted by Gasteiger charge is 2.23. The van der Waals surface area contributed by atoms with Crippen molar-refractivity contribution in [2.75, 3.05) is 18.4 Å². The Morgan fingerprint density at radius 1 is 1.25 bits per heavy atom. The molecule has 0 bridgehead atoms. The first-order valence-electron chi connectivity index (χ1n) is 8.34. The summed E-state index contributed by atoms with van der Waals surface area (Å²) in [6.45, 7) is 6.46. The maximum absolute atomic E-state index is 12.9. The van der Waals surface area contributed by atoms with Crippen molar-refractivity contribution in [2.45, 2.75) is 33.2 Å². The molecule has 24 heavy (non-hydrogen) atoms. The molecule has 3 rings (SSSR count). The van der Waals surface area contributed by atoms with Crippen LogP contribution in [0, 0.1) is 25.6 Å². The lowest BCUT2D eigenvalue weighted by Gasteiger charge is -2.32. The van der Waals surface area contributed by atoms with Crippen LogP contribution in [-0.4, -0.2) is 33.8 Å². The van der Waals surface area contributed by atoms with Crippen molar-refractivity contribution in [3.8, 4) is 0 Å². The maximum Gasteiger partial charge on any atom is 0.321 e. The van der Waals surface area contributed by atoms with Gasteiger partial charge >= 0.3 is 6.03 Å². The molecule has 0 aliphatic carbocycles. The standard InChI is InChI=1S/C18H23FN4O/c1-13-11-14(2)23(21-13)12-15-7-9-22(10-8-15)18(24)20-17-5-3-16(19)4-6-17/h3-6,11,15H,7-10,12H2,1-2H3,(H,20,24). The van der Waals surface area contributed by atoms with Crippen LogP contribution in [-0.2, 0) is 6.54 Å². The molecular weight excluding hydrogens is 307 g/mol. The molecule has 2 aromatic rings. The van der Waals surface area contributed by atoms with E-state index < -0.39 is 0 Å². The number of halogens is 1. The normalized spacial score (nSPS) is 15.5. The van der Waals surface area contributed by atoms with E-state index >= 15 is 0 Å². The van der Waals surface area contributed by atoms with E-state index in [-0.39, 0.29) is 11.8 Å². The number of amides is 2. The first-order valence-corrected chi connectivity index (χ1v) is 8.34. The van der Waals surface area contributed by atoms with Crippen molar-refractivity contribution in [1.29, 1.82) is 0 Å². The van der Waals surface area contributed by atoms with Gasteiger partial charge in [-0.2, -0.15) is 5.10 Å². The highest BCUT2D eigenvalue weighted by atomic mass is 19.1. The number of anilines is 1. The number of aryl methyl sites for hydroxylation is 2. The van der Waals surface area contributed by atoms with Crippen molar-refractivity contribution >= 4 is 11.7 Å². The molecule has 0 spiro atoms. The van der Waals surface area contributed by atoms with E-state index in [1.807, 2.05) is 11.8 Å². The van der Waals surface area contributed by atoms with E-state index in [1.54, 1.807) is 12.1 Å². The summed E-state index contributed by atoms with van der Waals surface area (Å²) in [5, 5.41) is 7.33. The summed E-state index contributed by atoms with van der Waals surface area (Å²) in [4.78, 5) is 14.1. The number of nitrogens with one attached hydrogen (secondary N) is 1. The van der Waals surface area contributed by atoms with Gasteiger partial charge in [0.05, 0.1) is 5.69 Å². The maximum atomic E-state index is 12.9. The third-order valence-electron chi connectivity index (χ3n) is 4.53. The van der Waals surface area contributed by atoms with Crippen LogP contribution in [0.2, 0.25) is 0 Å². The lowest BCUT2D eigenvalue weighted by atomic mass is 9.97. The molecule has 5 nitrogen and oxygen atoms in total. The molecule has 0 unspecified atom stereocenters. The second kappa shape index (κ2) is 7.03. The third kappa shape index (κ3) is 3.93. The van der Waals surface area contributed by atoms with Crippen molar-refractivity contribution in [1.82, 2.24) is 14.7 Å². The van der Waals surface area contributed by atoms with E-state index in [9.17, 15) is 9.18 Å². The first kappa shape index (κ1) is 16.5. The molecule has 1 saturated heterocycles. The molecule has 6 heteroatoms. The Bertz CT molecular complexity index is 702. The van der Waals surface area contributed by atoms with Gasteiger partial charge in [-0.15, -0.1) is 0 Å². The number of urea groups is 1. The number of likely N-dealkylation sites (tertiary alicyclic amines) is 1. The van der Waals surface area contributed by atoms with Crippen LogP contribution < -0.4 is 5.32 Å². The molecule has 0 saturated carbocycles. The van der Waals surface area contributed by atoms with Crippen LogP contribution in [0.1, 0.15) is 24.2 Å². The molecular formula is C18H23FN4O. The molecule has 1 aromatic heterocycles. The number of aromatic nitrogens is 2. The quantitative estimate of drug-likeness (QED) is 0.935. The van der Waals surface area contributed by atoms with Gasteiger partial charge in [0.1, 0.15) is 5.82 Å². The average molecular weight is 330 g/mol. The monoisotopic (exact) mass is 330 g/mol. The number of piperidine rings is 1. The summed E-state index contributed by atoms with van der Waals surface area (Å²) >= 11 is 0. The second-order valence-corrected chi connectivity index (χ2v) is 6.48. The van der Waals surface area contributed by atoms with Gasteiger partial charge in [0, 0.05) is 31.0 Å². The third-order valence-corrected chi connectivity index (χ3v) is 4.53. The highest BCUT2D eigenvalue weighted by Crippen LogP contribution is 2.21. The molecule has 0 atom stereocenters. The molecule has 1 aliphatic heterocycles. The predicted molar refractivity (Wildman–Crippen MR) is 91.4 cm³/mol. The molecule has 2 amide bonds. The summed E-state index contributed by atoms with van der Waals surface area (Å²) in [5.41, 5.74) is 2.85. The van der Waals surface area contributed by atoms with Gasteiger partial charge in [-0.3, -0.25) is 4.68 Å². The topological polar surface area (TPSA) is 50.2 Å². The summed E-state index contributed by atoms with van der Waals surface area (Å²) in [5.74, 6) is 0.232. The Labute approximate surface area is 141 Å². The van der Waals surface area contributed by atoms with E-state index in [0.717, 1.165) is 38.2 Å². The Balaban J connectivity index is 1.50. The number of hydrogen-bond donors (Lipinski definition) is 1. The number of carbonyl (C=O) groups excluding carboxylic acids is 1. The zero-order chi connectivity index (χ0) is 17.1. The summed E-state index contributed by atoms with van der Waals surface area (Å²) in [6, 6.07) is 7.80. The number of carbonyl (C=O) groups is 1. The minimum absolute atomic E-state index is 0.119. The lowest BCUT2D eigenvalue weighted by molar-refractivity contribution is 0.175. The van der Waals surface area contributed by atoms with Gasteiger partial charge in [0.25, 0.3) is 0 Å². The van der Waals surface area contributed by atoms with Gasteiger partial charge in [-0.05, 0) is 62.9 Å². The average Bonchev–Trinajstić information content (AvgIpc) is 2.88. The van der Waals surface area contributed by atoms with Crippen LogP contribution in [0.5, 0.6) is 0 Å². The van der Waals surface area contributed by atoms with Gasteiger partial charge in [0.15, 0.2) is 0 Å². The van der Waals surface area contributed by atoms with E-state index in [4.69, 9.17) is 0 Å². The Morgan fingerprint density at radius 3 is 2.50 bits per heavy atom. The molecule has 128 valence electrons. The SMILES string of the molecule is Cc1cc(C)n(CC2CCN(C(=O)Nc3ccc(F)cc3)CC2)n1. The molecule has 1 fully saturated rings. The largest absolute Gasteiger partial charge is 0.325 e. The fraction of sp³-hybridized carbons (Fsp3) is 0.444. The smallest absolute Gasteiger partial charge is 0.321 e. The predicted octanol–water partition coefficient (Wildman–Crippen LogP) is 3.58. The molecule has 2 heterocycles. The van der Waals surface area contributed by atoms with Crippen molar-refractivity contribution < 1.29 is 9.18 Å². The van der Waals surface area contributed by atoms with Crippen LogP contribution in [0.15, 0.2) is 30.3 Å². The highest BCUT2D eigenvalue weighted by molar-refractivity contribution is 5.89. The van der Waals surface area contributed by atoms with Crippen molar-refractivity contribution in [2.24, 2.45) is 5.92 Å². The molecule has 1 aliphatic rings. The fourth-order valence-electron chi connectivity index (χ4n) is 3.16.